The number of hydrogen-bond donors (Lipinski definition) is 1. The fourth-order valence-electron chi connectivity index (χ4n) is 2.57. The van der Waals surface area contributed by atoms with Crippen LogP contribution in [0, 0.1) is 11.7 Å². The van der Waals surface area contributed by atoms with Crippen molar-refractivity contribution in [1.29, 1.82) is 0 Å². The standard InChI is InChI=1S/C15H20FNO2/c16-14-3-1-13(2-4-14)15(19)6-9-17-8-5-12(11-17)7-10-18/h1-4,12,18H,5-11H2. The van der Waals surface area contributed by atoms with Crippen molar-refractivity contribution in [2.45, 2.75) is 19.3 Å². The quantitative estimate of drug-likeness (QED) is 0.801. The second-order valence-electron chi connectivity index (χ2n) is 5.15. The lowest BCUT2D eigenvalue weighted by molar-refractivity contribution is 0.0967. The fourth-order valence-corrected chi connectivity index (χ4v) is 2.57. The Labute approximate surface area is 113 Å². The number of nitrogens with zero attached hydrogens (tertiary/aromatic N) is 1. The van der Waals surface area contributed by atoms with Crippen LogP contribution in [0.4, 0.5) is 4.39 Å². The minimum atomic E-state index is -0.317. The van der Waals surface area contributed by atoms with Gasteiger partial charge in [-0.05, 0) is 49.6 Å². The molecule has 1 aliphatic rings. The van der Waals surface area contributed by atoms with Gasteiger partial charge >= 0.3 is 0 Å². The van der Waals surface area contributed by atoms with Gasteiger partial charge in [-0.2, -0.15) is 0 Å². The second kappa shape index (κ2) is 6.78. The fraction of sp³-hybridized carbons (Fsp3) is 0.533. The normalized spacial score (nSPS) is 19.8. The van der Waals surface area contributed by atoms with Crippen molar-refractivity contribution in [3.63, 3.8) is 0 Å². The lowest BCUT2D eigenvalue weighted by Gasteiger charge is -2.15. The largest absolute Gasteiger partial charge is 0.396 e. The second-order valence-corrected chi connectivity index (χ2v) is 5.15. The average Bonchev–Trinajstić information content (AvgIpc) is 2.85. The Morgan fingerprint density at radius 3 is 2.79 bits per heavy atom. The number of hydrogen-bond acceptors (Lipinski definition) is 3. The molecule has 0 aromatic heterocycles. The van der Waals surface area contributed by atoms with Crippen LogP contribution in [0.3, 0.4) is 0 Å². The SMILES string of the molecule is O=C(CCN1CCC(CCO)C1)c1ccc(F)cc1. The number of aliphatic hydroxyl groups is 1. The number of Topliss-reactive ketones (excluding diaryl/α,β-unsaturated/α-hetero) is 1. The summed E-state index contributed by atoms with van der Waals surface area (Å²) in [6.45, 7) is 2.96. The number of benzene rings is 1. The number of ketones is 1. The Kier molecular flexibility index (Phi) is 5.05. The first-order valence-electron chi connectivity index (χ1n) is 6.81. The Bertz CT molecular complexity index is 419. The zero-order valence-electron chi connectivity index (χ0n) is 11.0. The van der Waals surface area contributed by atoms with Gasteiger partial charge in [0.2, 0.25) is 0 Å². The zero-order chi connectivity index (χ0) is 13.7. The summed E-state index contributed by atoms with van der Waals surface area (Å²) in [5, 5.41) is 8.90. The van der Waals surface area contributed by atoms with E-state index >= 15 is 0 Å². The van der Waals surface area contributed by atoms with Crippen LogP contribution in [0.1, 0.15) is 29.6 Å². The van der Waals surface area contributed by atoms with E-state index in [0.29, 0.717) is 17.9 Å². The maximum absolute atomic E-state index is 12.8. The molecule has 0 radical (unpaired) electrons. The van der Waals surface area contributed by atoms with Crippen LogP contribution in [0.25, 0.3) is 0 Å². The van der Waals surface area contributed by atoms with Gasteiger partial charge in [-0.3, -0.25) is 4.79 Å². The number of carbonyl (C=O) groups excluding carboxylic acids is 1. The topological polar surface area (TPSA) is 40.5 Å². The third-order valence-electron chi connectivity index (χ3n) is 3.73. The number of likely N-dealkylation sites (tertiary alicyclic amines) is 1. The van der Waals surface area contributed by atoms with Crippen LogP contribution in [0.2, 0.25) is 0 Å². The number of rotatable bonds is 6. The summed E-state index contributed by atoms with van der Waals surface area (Å²) < 4.78 is 12.8. The van der Waals surface area contributed by atoms with E-state index in [9.17, 15) is 9.18 Å². The third-order valence-corrected chi connectivity index (χ3v) is 3.73. The smallest absolute Gasteiger partial charge is 0.164 e. The summed E-state index contributed by atoms with van der Waals surface area (Å²) in [6, 6.07) is 5.72. The van der Waals surface area contributed by atoms with Crippen LogP contribution in [0.15, 0.2) is 24.3 Å². The highest BCUT2D eigenvalue weighted by Crippen LogP contribution is 2.19. The highest BCUT2D eigenvalue weighted by atomic mass is 19.1. The first-order valence-corrected chi connectivity index (χ1v) is 6.81. The summed E-state index contributed by atoms with van der Waals surface area (Å²) in [6.07, 6.45) is 2.42. The predicted octanol–water partition coefficient (Wildman–Crippen LogP) is 2.10. The van der Waals surface area contributed by atoms with E-state index in [1.165, 1.54) is 24.3 Å². The van der Waals surface area contributed by atoms with Crippen LogP contribution in [-0.4, -0.2) is 42.0 Å². The van der Waals surface area contributed by atoms with Crippen molar-refractivity contribution in [3.05, 3.63) is 35.6 Å². The molecule has 1 aromatic rings. The molecule has 0 saturated carbocycles. The maximum atomic E-state index is 12.8. The van der Waals surface area contributed by atoms with Gasteiger partial charge in [0.15, 0.2) is 5.78 Å². The van der Waals surface area contributed by atoms with Crippen LogP contribution >= 0.6 is 0 Å². The molecule has 1 aliphatic heterocycles. The van der Waals surface area contributed by atoms with Gasteiger partial charge < -0.3 is 10.0 Å². The summed E-state index contributed by atoms with van der Waals surface area (Å²) in [5.41, 5.74) is 0.576. The van der Waals surface area contributed by atoms with Crippen LogP contribution in [-0.2, 0) is 0 Å². The highest BCUT2D eigenvalue weighted by Gasteiger charge is 2.22. The van der Waals surface area contributed by atoms with Crippen LogP contribution in [0.5, 0.6) is 0 Å². The van der Waals surface area contributed by atoms with Crippen LogP contribution < -0.4 is 0 Å². The van der Waals surface area contributed by atoms with E-state index in [4.69, 9.17) is 5.11 Å². The van der Waals surface area contributed by atoms with Gasteiger partial charge in [-0.25, -0.2) is 4.39 Å². The molecule has 4 heteroatoms. The molecule has 1 fully saturated rings. The molecule has 1 heterocycles. The zero-order valence-corrected chi connectivity index (χ0v) is 11.0. The first kappa shape index (κ1) is 14.2. The van der Waals surface area contributed by atoms with E-state index in [1.54, 1.807) is 0 Å². The first-order chi connectivity index (χ1) is 9.19. The summed E-state index contributed by atoms with van der Waals surface area (Å²) in [4.78, 5) is 14.2. The number of carbonyl (C=O) groups is 1. The van der Waals surface area contributed by atoms with E-state index in [2.05, 4.69) is 4.90 Å². The molecule has 0 spiro atoms. The molecule has 1 atom stereocenters. The van der Waals surface area contributed by atoms with Crippen molar-refractivity contribution < 1.29 is 14.3 Å². The average molecular weight is 265 g/mol. The third kappa shape index (κ3) is 4.11. The van der Waals surface area contributed by atoms with E-state index in [0.717, 1.165) is 32.5 Å². The lowest BCUT2D eigenvalue weighted by atomic mass is 10.1. The van der Waals surface area contributed by atoms with Crippen molar-refractivity contribution in [2.75, 3.05) is 26.2 Å². The minimum absolute atomic E-state index is 0.0607. The Morgan fingerprint density at radius 2 is 2.11 bits per heavy atom. The molecule has 3 nitrogen and oxygen atoms in total. The van der Waals surface area contributed by atoms with Gasteiger partial charge in [0.05, 0.1) is 0 Å². The molecule has 0 bridgehead atoms. The lowest BCUT2D eigenvalue weighted by Crippen LogP contribution is -2.24. The Morgan fingerprint density at radius 1 is 1.37 bits per heavy atom. The minimum Gasteiger partial charge on any atom is -0.396 e. The molecule has 1 aromatic carbocycles. The van der Waals surface area contributed by atoms with Gasteiger partial charge in [0.25, 0.3) is 0 Å². The predicted molar refractivity (Wildman–Crippen MR) is 71.6 cm³/mol. The van der Waals surface area contributed by atoms with Gasteiger partial charge in [-0.1, -0.05) is 0 Å². The Hall–Kier alpha value is -1.26. The molecule has 104 valence electrons. The van der Waals surface area contributed by atoms with E-state index < -0.39 is 0 Å². The summed E-state index contributed by atoms with van der Waals surface area (Å²) in [5.74, 6) is 0.305. The van der Waals surface area contributed by atoms with Crippen molar-refractivity contribution in [3.8, 4) is 0 Å². The number of aliphatic hydroxyl groups excluding tert-OH is 1. The highest BCUT2D eigenvalue weighted by molar-refractivity contribution is 5.96. The molecule has 0 aliphatic carbocycles. The molecular formula is C15H20FNO2. The molecular weight excluding hydrogens is 245 g/mol. The molecule has 0 amide bonds. The summed E-state index contributed by atoms with van der Waals surface area (Å²) >= 11 is 0. The van der Waals surface area contributed by atoms with Gasteiger partial charge in [0.1, 0.15) is 5.82 Å². The van der Waals surface area contributed by atoms with Crippen molar-refractivity contribution >= 4 is 5.78 Å². The Balaban J connectivity index is 1.76. The van der Waals surface area contributed by atoms with Crippen molar-refractivity contribution in [2.24, 2.45) is 5.92 Å². The molecule has 1 N–H and O–H groups in total. The maximum Gasteiger partial charge on any atom is 0.164 e. The molecule has 19 heavy (non-hydrogen) atoms. The summed E-state index contributed by atoms with van der Waals surface area (Å²) in [7, 11) is 0. The molecule has 2 rings (SSSR count). The molecule has 1 unspecified atom stereocenters. The monoisotopic (exact) mass is 265 g/mol. The van der Waals surface area contributed by atoms with Crippen molar-refractivity contribution in [1.82, 2.24) is 4.90 Å². The van der Waals surface area contributed by atoms with Gasteiger partial charge in [0, 0.05) is 31.7 Å². The molecule has 1 saturated heterocycles. The number of halogens is 1. The van der Waals surface area contributed by atoms with Gasteiger partial charge in [-0.15, -0.1) is 0 Å². The van der Waals surface area contributed by atoms with E-state index in [-0.39, 0.29) is 18.2 Å². The van der Waals surface area contributed by atoms with E-state index in [1.807, 2.05) is 0 Å².